The Labute approximate surface area is 110 Å². The summed E-state index contributed by atoms with van der Waals surface area (Å²) in [5, 5.41) is 0.734. The third kappa shape index (κ3) is 3.78. The zero-order chi connectivity index (χ0) is 12.7. The molecular weight excluding hydrogens is 288 g/mol. The average Bonchev–Trinajstić information content (AvgIpc) is 2.38. The quantitative estimate of drug-likeness (QED) is 0.573. The first kappa shape index (κ1) is 14.1. The number of methoxy groups -OCH3 is 3. The van der Waals surface area contributed by atoms with Gasteiger partial charge in [-0.15, -0.1) is 0 Å². The molecule has 17 heavy (non-hydrogen) atoms. The summed E-state index contributed by atoms with van der Waals surface area (Å²) in [4.78, 5) is 0. The van der Waals surface area contributed by atoms with Crippen molar-refractivity contribution in [1.29, 1.82) is 0 Å². The SMILES string of the molecule is COCCOc1c(OC)cc(CBr)cc1OC. The van der Waals surface area contributed by atoms with Crippen molar-refractivity contribution in [2.75, 3.05) is 34.5 Å². The van der Waals surface area contributed by atoms with Gasteiger partial charge in [-0.25, -0.2) is 0 Å². The Morgan fingerprint density at radius 2 is 1.59 bits per heavy atom. The fourth-order valence-corrected chi connectivity index (χ4v) is 1.70. The molecule has 0 fully saturated rings. The van der Waals surface area contributed by atoms with E-state index in [2.05, 4.69) is 15.9 Å². The van der Waals surface area contributed by atoms with Gasteiger partial charge in [0.25, 0.3) is 0 Å². The number of alkyl halides is 1. The molecule has 0 aliphatic carbocycles. The number of rotatable bonds is 7. The molecule has 0 heterocycles. The Hall–Kier alpha value is -0.940. The smallest absolute Gasteiger partial charge is 0.203 e. The molecule has 0 atom stereocenters. The zero-order valence-electron chi connectivity index (χ0n) is 10.3. The normalized spacial score (nSPS) is 10.1. The Balaban J connectivity index is 2.98. The number of hydrogen-bond acceptors (Lipinski definition) is 4. The standard InChI is InChI=1S/C12H17BrO4/c1-14-4-5-17-12-10(15-2)6-9(8-13)7-11(12)16-3/h6-7H,4-5,8H2,1-3H3. The Bertz CT molecular complexity index is 329. The van der Waals surface area contributed by atoms with Gasteiger partial charge in [0, 0.05) is 12.4 Å². The van der Waals surface area contributed by atoms with Crippen LogP contribution in [0.2, 0.25) is 0 Å². The van der Waals surface area contributed by atoms with Crippen molar-refractivity contribution in [2.45, 2.75) is 5.33 Å². The van der Waals surface area contributed by atoms with Crippen LogP contribution in [0, 0.1) is 0 Å². The molecule has 0 aliphatic rings. The van der Waals surface area contributed by atoms with Gasteiger partial charge in [-0.3, -0.25) is 0 Å². The lowest BCUT2D eigenvalue weighted by atomic mass is 10.2. The summed E-state index contributed by atoms with van der Waals surface area (Å²) in [7, 11) is 4.84. The van der Waals surface area contributed by atoms with E-state index >= 15 is 0 Å². The van der Waals surface area contributed by atoms with E-state index in [-0.39, 0.29) is 0 Å². The van der Waals surface area contributed by atoms with E-state index in [1.807, 2.05) is 12.1 Å². The van der Waals surface area contributed by atoms with E-state index in [4.69, 9.17) is 18.9 Å². The summed E-state index contributed by atoms with van der Waals surface area (Å²) in [5.41, 5.74) is 1.07. The molecule has 1 aromatic carbocycles. The molecule has 0 N–H and O–H groups in total. The fourth-order valence-electron chi connectivity index (χ4n) is 1.38. The van der Waals surface area contributed by atoms with Crippen LogP contribution in [0.25, 0.3) is 0 Å². The molecule has 96 valence electrons. The van der Waals surface area contributed by atoms with Crippen molar-refractivity contribution in [2.24, 2.45) is 0 Å². The predicted molar refractivity (Wildman–Crippen MR) is 69.5 cm³/mol. The molecule has 1 rings (SSSR count). The molecule has 0 radical (unpaired) electrons. The van der Waals surface area contributed by atoms with E-state index in [9.17, 15) is 0 Å². The molecule has 1 aromatic rings. The highest BCUT2D eigenvalue weighted by Crippen LogP contribution is 2.38. The molecule has 0 saturated carbocycles. The average molecular weight is 305 g/mol. The molecule has 0 aliphatic heterocycles. The highest BCUT2D eigenvalue weighted by atomic mass is 79.9. The van der Waals surface area contributed by atoms with Crippen LogP contribution >= 0.6 is 15.9 Å². The van der Waals surface area contributed by atoms with Gasteiger partial charge in [0.05, 0.1) is 20.8 Å². The van der Waals surface area contributed by atoms with Crippen molar-refractivity contribution in [1.82, 2.24) is 0 Å². The van der Waals surface area contributed by atoms with Crippen LogP contribution in [0.3, 0.4) is 0 Å². The van der Waals surface area contributed by atoms with Gasteiger partial charge in [-0.1, -0.05) is 15.9 Å². The highest BCUT2D eigenvalue weighted by molar-refractivity contribution is 9.08. The molecule has 0 spiro atoms. The van der Waals surface area contributed by atoms with Crippen molar-refractivity contribution in [3.8, 4) is 17.2 Å². The number of ether oxygens (including phenoxy) is 4. The van der Waals surface area contributed by atoms with Gasteiger partial charge < -0.3 is 18.9 Å². The first-order valence-corrected chi connectivity index (χ1v) is 6.31. The molecule has 0 aromatic heterocycles. The summed E-state index contributed by atoms with van der Waals surface area (Å²) in [6.07, 6.45) is 0. The van der Waals surface area contributed by atoms with Crippen LogP contribution in [0.15, 0.2) is 12.1 Å². The van der Waals surface area contributed by atoms with Gasteiger partial charge in [0.1, 0.15) is 6.61 Å². The van der Waals surface area contributed by atoms with Crippen LogP contribution < -0.4 is 14.2 Å². The van der Waals surface area contributed by atoms with Gasteiger partial charge >= 0.3 is 0 Å². The first-order chi connectivity index (χ1) is 8.26. The third-order valence-electron chi connectivity index (χ3n) is 2.21. The maximum absolute atomic E-state index is 5.60. The second kappa shape index (κ2) is 7.40. The van der Waals surface area contributed by atoms with Crippen molar-refractivity contribution < 1.29 is 18.9 Å². The van der Waals surface area contributed by atoms with E-state index in [1.54, 1.807) is 21.3 Å². The lowest BCUT2D eigenvalue weighted by molar-refractivity contribution is 0.142. The van der Waals surface area contributed by atoms with Crippen LogP contribution in [0.5, 0.6) is 17.2 Å². The van der Waals surface area contributed by atoms with E-state index in [1.165, 1.54) is 0 Å². The predicted octanol–water partition coefficient (Wildman–Crippen LogP) is 2.62. The Morgan fingerprint density at radius 3 is 2.00 bits per heavy atom. The number of halogens is 1. The van der Waals surface area contributed by atoms with Crippen LogP contribution in [-0.2, 0) is 10.1 Å². The molecule has 0 amide bonds. The Morgan fingerprint density at radius 1 is 1.00 bits per heavy atom. The molecule has 0 saturated heterocycles. The maximum Gasteiger partial charge on any atom is 0.203 e. The van der Waals surface area contributed by atoms with Gasteiger partial charge in [0.15, 0.2) is 11.5 Å². The van der Waals surface area contributed by atoms with E-state index in [0.29, 0.717) is 30.5 Å². The summed E-state index contributed by atoms with van der Waals surface area (Å²) in [6.45, 7) is 0.976. The summed E-state index contributed by atoms with van der Waals surface area (Å²) >= 11 is 3.40. The second-order valence-corrected chi connectivity index (χ2v) is 3.87. The van der Waals surface area contributed by atoms with Crippen LogP contribution in [-0.4, -0.2) is 34.5 Å². The maximum atomic E-state index is 5.60. The first-order valence-electron chi connectivity index (χ1n) is 5.19. The highest BCUT2D eigenvalue weighted by Gasteiger charge is 2.13. The minimum absolute atomic E-state index is 0.455. The molecule has 0 unspecified atom stereocenters. The Kier molecular flexibility index (Phi) is 6.15. The topological polar surface area (TPSA) is 36.9 Å². The molecule has 4 nitrogen and oxygen atoms in total. The van der Waals surface area contributed by atoms with Crippen molar-refractivity contribution in [3.63, 3.8) is 0 Å². The molecule has 0 bridgehead atoms. The molecule has 5 heteroatoms. The van der Waals surface area contributed by atoms with E-state index in [0.717, 1.165) is 10.9 Å². The van der Waals surface area contributed by atoms with Gasteiger partial charge in [0.2, 0.25) is 5.75 Å². The van der Waals surface area contributed by atoms with E-state index < -0.39 is 0 Å². The summed E-state index contributed by atoms with van der Waals surface area (Å²) in [5.74, 6) is 1.93. The van der Waals surface area contributed by atoms with Gasteiger partial charge in [-0.05, 0) is 17.7 Å². The largest absolute Gasteiger partial charge is 0.493 e. The van der Waals surface area contributed by atoms with Crippen molar-refractivity contribution in [3.05, 3.63) is 17.7 Å². The number of hydrogen-bond donors (Lipinski definition) is 0. The second-order valence-electron chi connectivity index (χ2n) is 3.30. The minimum atomic E-state index is 0.455. The summed E-state index contributed by atoms with van der Waals surface area (Å²) < 4.78 is 21.1. The zero-order valence-corrected chi connectivity index (χ0v) is 11.9. The monoisotopic (exact) mass is 304 g/mol. The fraction of sp³-hybridized carbons (Fsp3) is 0.500. The molecular formula is C12H17BrO4. The van der Waals surface area contributed by atoms with Crippen LogP contribution in [0.4, 0.5) is 0 Å². The lowest BCUT2D eigenvalue weighted by Crippen LogP contribution is -2.06. The number of benzene rings is 1. The summed E-state index contributed by atoms with van der Waals surface area (Å²) in [6, 6.07) is 3.83. The van der Waals surface area contributed by atoms with Crippen LogP contribution in [0.1, 0.15) is 5.56 Å². The van der Waals surface area contributed by atoms with Gasteiger partial charge in [-0.2, -0.15) is 0 Å². The third-order valence-corrected chi connectivity index (χ3v) is 2.86. The van der Waals surface area contributed by atoms with Crippen molar-refractivity contribution >= 4 is 15.9 Å². The lowest BCUT2D eigenvalue weighted by Gasteiger charge is -2.15. The minimum Gasteiger partial charge on any atom is -0.493 e.